The van der Waals surface area contributed by atoms with E-state index in [-0.39, 0.29) is 11.9 Å². The second-order valence-electron chi connectivity index (χ2n) is 4.14. The first-order valence-electron chi connectivity index (χ1n) is 5.77. The van der Waals surface area contributed by atoms with Gasteiger partial charge in [-0.25, -0.2) is 0 Å². The van der Waals surface area contributed by atoms with E-state index in [0.717, 1.165) is 13.1 Å². The molecule has 1 aromatic heterocycles. The summed E-state index contributed by atoms with van der Waals surface area (Å²) < 4.78 is 1.93. The van der Waals surface area contributed by atoms with Crippen LogP contribution in [0.4, 0.5) is 5.69 Å². The highest BCUT2D eigenvalue weighted by Gasteiger charge is 2.18. The van der Waals surface area contributed by atoms with Crippen LogP contribution in [-0.2, 0) is 0 Å². The standard InChI is InChI=1S/C12H21N3O/c1-5-14(6-2)12(16)11-7-10(13)8-15(11)9(3)4/h7-9H,5-6,13H2,1-4H3. The largest absolute Gasteiger partial charge is 0.397 e. The minimum Gasteiger partial charge on any atom is -0.397 e. The van der Waals surface area contributed by atoms with Gasteiger partial charge < -0.3 is 15.2 Å². The molecule has 4 heteroatoms. The highest BCUT2D eigenvalue weighted by Crippen LogP contribution is 2.18. The predicted octanol–water partition coefficient (Wildman–Crippen LogP) is 2.13. The Bertz CT molecular complexity index is 364. The molecule has 1 rings (SSSR count). The zero-order chi connectivity index (χ0) is 12.3. The molecule has 16 heavy (non-hydrogen) atoms. The molecule has 1 heterocycles. The van der Waals surface area contributed by atoms with Crippen molar-refractivity contribution in [2.75, 3.05) is 18.8 Å². The zero-order valence-corrected chi connectivity index (χ0v) is 10.5. The summed E-state index contributed by atoms with van der Waals surface area (Å²) in [6.45, 7) is 9.48. The van der Waals surface area contributed by atoms with E-state index < -0.39 is 0 Å². The highest BCUT2D eigenvalue weighted by molar-refractivity contribution is 5.93. The van der Waals surface area contributed by atoms with Crippen molar-refractivity contribution < 1.29 is 4.79 Å². The molecule has 1 amide bonds. The Labute approximate surface area is 97.0 Å². The van der Waals surface area contributed by atoms with Crippen LogP contribution in [0, 0.1) is 0 Å². The van der Waals surface area contributed by atoms with Gasteiger partial charge in [0.1, 0.15) is 5.69 Å². The molecular weight excluding hydrogens is 202 g/mol. The summed E-state index contributed by atoms with van der Waals surface area (Å²) in [5, 5.41) is 0. The number of amides is 1. The quantitative estimate of drug-likeness (QED) is 0.850. The Kier molecular flexibility index (Phi) is 3.99. The van der Waals surface area contributed by atoms with Crippen LogP contribution < -0.4 is 5.73 Å². The Morgan fingerprint density at radius 3 is 2.44 bits per heavy atom. The van der Waals surface area contributed by atoms with Gasteiger partial charge in [0.2, 0.25) is 0 Å². The van der Waals surface area contributed by atoms with E-state index in [2.05, 4.69) is 0 Å². The van der Waals surface area contributed by atoms with Crippen LogP contribution in [0.15, 0.2) is 12.3 Å². The van der Waals surface area contributed by atoms with Crippen molar-refractivity contribution in [3.8, 4) is 0 Å². The third-order valence-electron chi connectivity index (χ3n) is 2.70. The van der Waals surface area contributed by atoms with Crippen molar-refractivity contribution >= 4 is 11.6 Å². The van der Waals surface area contributed by atoms with E-state index in [1.807, 2.05) is 38.5 Å². The average molecular weight is 223 g/mol. The lowest BCUT2D eigenvalue weighted by Crippen LogP contribution is -2.32. The Balaban J connectivity index is 3.07. The maximum Gasteiger partial charge on any atom is 0.270 e. The molecule has 0 bridgehead atoms. The average Bonchev–Trinajstić information content (AvgIpc) is 2.62. The molecule has 0 saturated heterocycles. The molecule has 0 spiro atoms. The Morgan fingerprint density at radius 2 is 2.00 bits per heavy atom. The fourth-order valence-corrected chi connectivity index (χ4v) is 1.77. The van der Waals surface area contributed by atoms with Gasteiger partial charge in [0.25, 0.3) is 5.91 Å². The number of nitrogens with zero attached hydrogens (tertiary/aromatic N) is 2. The number of nitrogens with two attached hydrogens (primary N) is 1. The Hall–Kier alpha value is -1.45. The number of hydrogen-bond acceptors (Lipinski definition) is 2. The van der Waals surface area contributed by atoms with Crippen LogP contribution in [0.2, 0.25) is 0 Å². The smallest absolute Gasteiger partial charge is 0.270 e. The lowest BCUT2D eigenvalue weighted by atomic mass is 10.3. The molecule has 0 saturated carbocycles. The molecule has 90 valence electrons. The molecule has 0 aliphatic heterocycles. The summed E-state index contributed by atoms with van der Waals surface area (Å²) in [5.74, 6) is 0.0513. The maximum absolute atomic E-state index is 12.2. The molecule has 2 N–H and O–H groups in total. The summed E-state index contributed by atoms with van der Waals surface area (Å²) in [7, 11) is 0. The van der Waals surface area contributed by atoms with Gasteiger partial charge in [-0.1, -0.05) is 0 Å². The van der Waals surface area contributed by atoms with Crippen molar-refractivity contribution in [2.24, 2.45) is 0 Å². The summed E-state index contributed by atoms with van der Waals surface area (Å²) in [5.41, 5.74) is 7.07. The molecule has 0 fully saturated rings. The van der Waals surface area contributed by atoms with Crippen molar-refractivity contribution in [2.45, 2.75) is 33.7 Å². The summed E-state index contributed by atoms with van der Waals surface area (Å²) >= 11 is 0. The van der Waals surface area contributed by atoms with E-state index in [4.69, 9.17) is 5.73 Å². The lowest BCUT2D eigenvalue weighted by Gasteiger charge is -2.20. The van der Waals surface area contributed by atoms with Crippen LogP contribution >= 0.6 is 0 Å². The normalized spacial score (nSPS) is 10.8. The van der Waals surface area contributed by atoms with Crippen LogP contribution in [0.1, 0.15) is 44.2 Å². The fourth-order valence-electron chi connectivity index (χ4n) is 1.77. The van der Waals surface area contributed by atoms with Gasteiger partial charge in [0.05, 0.1) is 5.69 Å². The number of carbonyl (C=O) groups is 1. The number of hydrogen-bond donors (Lipinski definition) is 1. The summed E-state index contributed by atoms with van der Waals surface area (Å²) in [6.07, 6.45) is 1.82. The summed E-state index contributed by atoms with van der Waals surface area (Å²) in [4.78, 5) is 14.0. The minimum absolute atomic E-state index is 0.0513. The predicted molar refractivity (Wildman–Crippen MR) is 66.5 cm³/mol. The van der Waals surface area contributed by atoms with Crippen LogP contribution in [0.3, 0.4) is 0 Å². The molecule has 0 aliphatic rings. The third kappa shape index (κ3) is 2.38. The van der Waals surface area contributed by atoms with Crippen molar-refractivity contribution in [1.29, 1.82) is 0 Å². The molecule has 0 radical (unpaired) electrons. The van der Waals surface area contributed by atoms with Crippen molar-refractivity contribution in [3.05, 3.63) is 18.0 Å². The van der Waals surface area contributed by atoms with Gasteiger partial charge in [-0.05, 0) is 33.8 Å². The van der Waals surface area contributed by atoms with E-state index >= 15 is 0 Å². The number of anilines is 1. The van der Waals surface area contributed by atoms with Crippen LogP contribution in [-0.4, -0.2) is 28.5 Å². The first-order valence-corrected chi connectivity index (χ1v) is 5.77. The number of nitrogen functional groups attached to an aromatic ring is 1. The molecule has 0 aliphatic carbocycles. The summed E-state index contributed by atoms with van der Waals surface area (Å²) in [6, 6.07) is 1.99. The number of carbonyl (C=O) groups excluding carboxylic acids is 1. The first kappa shape index (κ1) is 12.6. The monoisotopic (exact) mass is 223 g/mol. The number of rotatable bonds is 4. The van der Waals surface area contributed by atoms with Crippen LogP contribution in [0.25, 0.3) is 0 Å². The van der Waals surface area contributed by atoms with E-state index in [0.29, 0.717) is 11.4 Å². The van der Waals surface area contributed by atoms with Gasteiger partial charge >= 0.3 is 0 Å². The van der Waals surface area contributed by atoms with E-state index in [9.17, 15) is 4.79 Å². The van der Waals surface area contributed by atoms with Gasteiger partial charge in [-0.3, -0.25) is 4.79 Å². The molecule has 0 unspecified atom stereocenters. The second kappa shape index (κ2) is 5.05. The molecule has 0 atom stereocenters. The molecule has 4 nitrogen and oxygen atoms in total. The van der Waals surface area contributed by atoms with Crippen molar-refractivity contribution in [1.82, 2.24) is 9.47 Å². The van der Waals surface area contributed by atoms with Crippen LogP contribution in [0.5, 0.6) is 0 Å². The molecular formula is C12H21N3O. The number of aromatic nitrogens is 1. The lowest BCUT2D eigenvalue weighted by molar-refractivity contribution is 0.0760. The second-order valence-corrected chi connectivity index (χ2v) is 4.14. The van der Waals surface area contributed by atoms with Gasteiger partial charge in [0, 0.05) is 25.3 Å². The first-order chi connectivity index (χ1) is 7.51. The van der Waals surface area contributed by atoms with E-state index in [1.165, 1.54) is 0 Å². The Morgan fingerprint density at radius 1 is 1.44 bits per heavy atom. The molecule has 0 aromatic carbocycles. The van der Waals surface area contributed by atoms with Gasteiger partial charge in [-0.2, -0.15) is 0 Å². The zero-order valence-electron chi connectivity index (χ0n) is 10.5. The fraction of sp³-hybridized carbons (Fsp3) is 0.583. The third-order valence-corrected chi connectivity index (χ3v) is 2.70. The van der Waals surface area contributed by atoms with Crippen molar-refractivity contribution in [3.63, 3.8) is 0 Å². The van der Waals surface area contributed by atoms with Gasteiger partial charge in [-0.15, -0.1) is 0 Å². The maximum atomic E-state index is 12.2. The molecule has 1 aromatic rings. The van der Waals surface area contributed by atoms with E-state index in [1.54, 1.807) is 11.0 Å². The minimum atomic E-state index is 0.0513. The van der Waals surface area contributed by atoms with Gasteiger partial charge in [0.15, 0.2) is 0 Å². The topological polar surface area (TPSA) is 51.3 Å². The highest BCUT2D eigenvalue weighted by atomic mass is 16.2. The SMILES string of the molecule is CCN(CC)C(=O)c1cc(N)cn1C(C)C.